The van der Waals surface area contributed by atoms with Gasteiger partial charge in [-0.1, -0.05) is 18.2 Å². The van der Waals surface area contributed by atoms with Crippen LogP contribution >= 0.6 is 0 Å². The number of aromatic nitrogens is 1. The van der Waals surface area contributed by atoms with Gasteiger partial charge in [0.25, 0.3) is 5.91 Å². The number of hydrogen-bond donors (Lipinski definition) is 3. The molecular formula is C20H24N4O5S. The van der Waals surface area contributed by atoms with E-state index in [2.05, 4.69) is 15.6 Å². The van der Waals surface area contributed by atoms with Crippen LogP contribution in [0.4, 0.5) is 4.79 Å². The van der Waals surface area contributed by atoms with Gasteiger partial charge in [-0.05, 0) is 30.9 Å². The molecule has 0 aliphatic carbocycles. The molecule has 10 heteroatoms. The lowest BCUT2D eigenvalue weighted by molar-refractivity contribution is -0.127. The number of fused-ring (bicyclic) bond motifs is 1. The number of para-hydroxylation sites is 1. The Balaban J connectivity index is 1.28. The number of imide groups is 1. The standard InChI is InChI=1S/C20H24N4O5S/c25-18(22-14-8-10-30(28,29)12-14)6-5-17-19(26)24(20(27)23-17)9-7-13-11-21-16-4-2-1-3-15(13)16/h1-4,11,14,17,21H,5-10,12H2,(H,22,25)(H,23,27)/t14?,17-/m0/s1. The van der Waals surface area contributed by atoms with Gasteiger partial charge in [0, 0.05) is 36.1 Å². The fraction of sp³-hybridized carbons (Fsp3) is 0.450. The predicted octanol–water partition coefficient (Wildman–Crippen LogP) is 0.714. The van der Waals surface area contributed by atoms with Crippen molar-refractivity contribution < 1.29 is 22.8 Å². The molecule has 2 aliphatic heterocycles. The first kappa shape index (κ1) is 20.4. The maximum Gasteiger partial charge on any atom is 0.324 e. The Hall–Kier alpha value is -2.88. The summed E-state index contributed by atoms with van der Waals surface area (Å²) >= 11 is 0. The summed E-state index contributed by atoms with van der Waals surface area (Å²) in [5.41, 5.74) is 2.03. The maximum atomic E-state index is 12.6. The second-order valence-electron chi connectivity index (χ2n) is 7.81. The van der Waals surface area contributed by atoms with E-state index >= 15 is 0 Å². The Kier molecular flexibility index (Phi) is 5.50. The average molecular weight is 433 g/mol. The minimum atomic E-state index is -3.07. The molecule has 160 valence electrons. The van der Waals surface area contributed by atoms with Crippen molar-refractivity contribution in [2.24, 2.45) is 0 Å². The van der Waals surface area contributed by atoms with E-state index in [-0.39, 0.29) is 48.7 Å². The Labute approximate surface area is 174 Å². The molecular weight excluding hydrogens is 408 g/mol. The van der Waals surface area contributed by atoms with E-state index in [1.807, 2.05) is 30.5 Å². The molecule has 2 saturated heterocycles. The highest BCUT2D eigenvalue weighted by atomic mass is 32.2. The maximum absolute atomic E-state index is 12.6. The number of amides is 4. The van der Waals surface area contributed by atoms with Crippen molar-refractivity contribution in [3.05, 3.63) is 36.0 Å². The molecule has 0 spiro atoms. The molecule has 1 aromatic carbocycles. The summed E-state index contributed by atoms with van der Waals surface area (Å²) in [5, 5.41) is 6.40. The van der Waals surface area contributed by atoms with E-state index in [4.69, 9.17) is 0 Å². The molecule has 0 radical (unpaired) electrons. The number of hydrogen-bond acceptors (Lipinski definition) is 5. The van der Waals surface area contributed by atoms with Gasteiger partial charge in [0.1, 0.15) is 6.04 Å². The third-order valence-corrected chi connectivity index (χ3v) is 7.41. The van der Waals surface area contributed by atoms with Crippen molar-refractivity contribution in [3.8, 4) is 0 Å². The van der Waals surface area contributed by atoms with Gasteiger partial charge in [-0.15, -0.1) is 0 Å². The van der Waals surface area contributed by atoms with Crippen LogP contribution in [0.25, 0.3) is 10.9 Å². The third kappa shape index (κ3) is 4.33. The minimum absolute atomic E-state index is 0.0422. The first-order valence-electron chi connectivity index (χ1n) is 9.99. The number of urea groups is 1. The van der Waals surface area contributed by atoms with Crippen molar-refractivity contribution in [3.63, 3.8) is 0 Å². The Bertz CT molecular complexity index is 1090. The highest BCUT2D eigenvalue weighted by molar-refractivity contribution is 7.91. The zero-order chi connectivity index (χ0) is 21.3. The van der Waals surface area contributed by atoms with Gasteiger partial charge in [-0.25, -0.2) is 13.2 Å². The number of carbonyl (C=O) groups excluding carboxylic acids is 3. The lowest BCUT2D eigenvalue weighted by Crippen LogP contribution is -2.37. The number of sulfone groups is 1. The van der Waals surface area contributed by atoms with Crippen molar-refractivity contribution in [2.45, 2.75) is 37.8 Å². The summed E-state index contributed by atoms with van der Waals surface area (Å²) < 4.78 is 22.9. The zero-order valence-corrected chi connectivity index (χ0v) is 17.2. The first-order chi connectivity index (χ1) is 14.3. The number of H-pyrrole nitrogens is 1. The molecule has 9 nitrogen and oxygen atoms in total. The molecule has 30 heavy (non-hydrogen) atoms. The normalized spacial score (nSPS) is 23.1. The largest absolute Gasteiger partial charge is 0.361 e. The van der Waals surface area contributed by atoms with Crippen LogP contribution in [0.5, 0.6) is 0 Å². The van der Waals surface area contributed by atoms with Gasteiger partial charge in [0.15, 0.2) is 9.84 Å². The van der Waals surface area contributed by atoms with Crippen LogP contribution in [-0.2, 0) is 25.8 Å². The highest BCUT2D eigenvalue weighted by Crippen LogP contribution is 2.20. The van der Waals surface area contributed by atoms with Gasteiger partial charge < -0.3 is 15.6 Å². The van der Waals surface area contributed by atoms with Crippen LogP contribution in [0.3, 0.4) is 0 Å². The number of carbonyl (C=O) groups is 3. The molecule has 4 rings (SSSR count). The summed E-state index contributed by atoms with van der Waals surface area (Å²) in [6.45, 7) is 0.259. The summed E-state index contributed by atoms with van der Waals surface area (Å²) in [6, 6.07) is 6.27. The van der Waals surface area contributed by atoms with Gasteiger partial charge in [-0.3, -0.25) is 14.5 Å². The monoisotopic (exact) mass is 432 g/mol. The minimum Gasteiger partial charge on any atom is -0.361 e. The molecule has 2 aliphatic rings. The van der Waals surface area contributed by atoms with Crippen molar-refractivity contribution in [1.82, 2.24) is 20.5 Å². The molecule has 0 bridgehead atoms. The van der Waals surface area contributed by atoms with Crippen molar-refractivity contribution in [2.75, 3.05) is 18.1 Å². The van der Waals surface area contributed by atoms with E-state index in [1.165, 1.54) is 4.90 Å². The van der Waals surface area contributed by atoms with E-state index in [0.29, 0.717) is 12.8 Å². The summed E-state index contributed by atoms with van der Waals surface area (Å²) in [5.74, 6) is -0.604. The quantitative estimate of drug-likeness (QED) is 0.555. The SMILES string of the molecule is O=C(CC[C@@H]1NC(=O)N(CCc2c[nH]c3ccccc23)C1=O)NC1CCS(=O)(=O)C1. The molecule has 1 unspecified atom stereocenters. The molecule has 2 aromatic rings. The van der Waals surface area contributed by atoms with Crippen LogP contribution in [0, 0.1) is 0 Å². The van der Waals surface area contributed by atoms with E-state index in [1.54, 1.807) is 0 Å². The van der Waals surface area contributed by atoms with E-state index in [0.717, 1.165) is 16.5 Å². The average Bonchev–Trinajstić information content (AvgIpc) is 3.35. The second kappa shape index (κ2) is 8.10. The lowest BCUT2D eigenvalue weighted by atomic mass is 10.1. The fourth-order valence-electron chi connectivity index (χ4n) is 4.04. The summed E-state index contributed by atoms with van der Waals surface area (Å²) in [6.07, 6.45) is 3.05. The third-order valence-electron chi connectivity index (χ3n) is 5.64. The molecule has 1 aromatic heterocycles. The topological polar surface area (TPSA) is 128 Å². The Morgan fingerprint density at radius 3 is 2.80 bits per heavy atom. The fourth-order valence-corrected chi connectivity index (χ4v) is 5.71. The molecule has 2 fully saturated rings. The number of rotatable bonds is 7. The van der Waals surface area contributed by atoms with Crippen LogP contribution in [-0.4, -0.2) is 66.3 Å². The Morgan fingerprint density at radius 2 is 2.03 bits per heavy atom. The van der Waals surface area contributed by atoms with Crippen molar-refractivity contribution in [1.29, 1.82) is 0 Å². The van der Waals surface area contributed by atoms with Gasteiger partial charge in [0.2, 0.25) is 5.91 Å². The highest BCUT2D eigenvalue weighted by Gasteiger charge is 2.38. The molecule has 0 saturated carbocycles. The second-order valence-corrected chi connectivity index (χ2v) is 10.0. The molecule has 2 atom stereocenters. The predicted molar refractivity (Wildman–Crippen MR) is 110 cm³/mol. The van der Waals surface area contributed by atoms with Crippen LogP contribution in [0.15, 0.2) is 30.5 Å². The van der Waals surface area contributed by atoms with Crippen molar-refractivity contribution >= 4 is 38.6 Å². The van der Waals surface area contributed by atoms with Gasteiger partial charge in [-0.2, -0.15) is 0 Å². The van der Waals surface area contributed by atoms with Crippen LogP contribution in [0.1, 0.15) is 24.8 Å². The van der Waals surface area contributed by atoms with Crippen LogP contribution in [0.2, 0.25) is 0 Å². The molecule has 4 amide bonds. The van der Waals surface area contributed by atoms with E-state index in [9.17, 15) is 22.8 Å². The lowest BCUT2D eigenvalue weighted by Gasteiger charge is -2.13. The molecule has 3 N–H and O–H groups in total. The Morgan fingerprint density at radius 1 is 1.23 bits per heavy atom. The number of nitrogens with zero attached hydrogens (tertiary/aromatic N) is 1. The summed E-state index contributed by atoms with van der Waals surface area (Å²) in [7, 11) is -3.07. The smallest absolute Gasteiger partial charge is 0.324 e. The zero-order valence-electron chi connectivity index (χ0n) is 16.4. The first-order valence-corrected chi connectivity index (χ1v) is 11.8. The number of aromatic amines is 1. The van der Waals surface area contributed by atoms with Crippen LogP contribution < -0.4 is 10.6 Å². The molecule has 3 heterocycles. The summed E-state index contributed by atoms with van der Waals surface area (Å²) in [4.78, 5) is 41.3. The van der Waals surface area contributed by atoms with Gasteiger partial charge in [0.05, 0.1) is 11.5 Å². The van der Waals surface area contributed by atoms with E-state index < -0.39 is 21.9 Å². The number of benzene rings is 1. The number of nitrogens with one attached hydrogen (secondary N) is 3. The van der Waals surface area contributed by atoms with Gasteiger partial charge >= 0.3 is 6.03 Å².